The molecule has 13 nitrogen and oxygen atoms in total. The van der Waals surface area contributed by atoms with Crippen LogP contribution >= 0.6 is 0 Å². The molecule has 0 saturated carbocycles. The molecule has 0 aliphatic carbocycles. The number of furan rings is 1. The predicted octanol–water partition coefficient (Wildman–Crippen LogP) is 3.55. The molecule has 212 valence electrons. The van der Waals surface area contributed by atoms with Crippen molar-refractivity contribution in [3.63, 3.8) is 0 Å². The molecule has 14 heteroatoms. The van der Waals surface area contributed by atoms with Gasteiger partial charge in [0.2, 0.25) is 5.09 Å². The summed E-state index contributed by atoms with van der Waals surface area (Å²) in [5.41, 5.74) is 2.19. The van der Waals surface area contributed by atoms with Gasteiger partial charge in [0.05, 0.1) is 19.7 Å². The Kier molecular flexibility index (Phi) is 8.30. The van der Waals surface area contributed by atoms with Gasteiger partial charge in [-0.05, 0) is 61.0 Å². The summed E-state index contributed by atoms with van der Waals surface area (Å²) in [5.74, 6) is 2.12. The van der Waals surface area contributed by atoms with Crippen LogP contribution in [0.1, 0.15) is 16.9 Å². The SMILES string of the molecule is COc1cc(OC)c2c(=O)[nH]c(-c3cc(C)c(OCCOC(=O)ONS(=O)(=O)c4ccc(C)o4)c(C)c3)nc2c1. The number of hydrogen-bond donors (Lipinski definition) is 2. The van der Waals surface area contributed by atoms with Crippen molar-refractivity contribution in [1.82, 2.24) is 14.9 Å². The van der Waals surface area contributed by atoms with Crippen molar-refractivity contribution >= 4 is 27.1 Å². The first-order valence-electron chi connectivity index (χ1n) is 11.8. The molecule has 0 spiro atoms. The zero-order valence-electron chi connectivity index (χ0n) is 22.3. The van der Waals surface area contributed by atoms with Gasteiger partial charge in [-0.2, -0.15) is 0 Å². The van der Waals surface area contributed by atoms with Crippen molar-refractivity contribution in [3.8, 4) is 28.6 Å². The number of rotatable bonds is 10. The van der Waals surface area contributed by atoms with Crippen molar-refractivity contribution in [2.75, 3.05) is 27.4 Å². The number of aryl methyl sites for hydroxylation is 3. The lowest BCUT2D eigenvalue weighted by Gasteiger charge is -2.14. The minimum Gasteiger partial charge on any atom is -0.497 e. The fraction of sp³-hybridized carbons (Fsp3) is 0.269. The van der Waals surface area contributed by atoms with Gasteiger partial charge in [0.15, 0.2) is 0 Å². The van der Waals surface area contributed by atoms with Gasteiger partial charge in [0.25, 0.3) is 5.56 Å². The van der Waals surface area contributed by atoms with Crippen molar-refractivity contribution in [2.24, 2.45) is 0 Å². The maximum atomic E-state index is 12.9. The molecule has 2 heterocycles. The standard InChI is InChI=1S/C26H27N3O10S/c1-14-10-17(24-27-19-12-18(34-4)13-20(35-5)22(19)25(30)28-24)11-15(2)23(14)36-8-9-37-26(31)39-29-40(32,33)21-7-6-16(3)38-21/h6-7,10-13,29H,8-9H2,1-5H3,(H,27,28,30). The van der Waals surface area contributed by atoms with Crippen LogP contribution in [-0.4, -0.2) is 52.0 Å². The Bertz CT molecular complexity index is 1700. The third kappa shape index (κ3) is 6.18. The Morgan fingerprint density at radius 2 is 1.75 bits per heavy atom. The maximum absolute atomic E-state index is 12.9. The van der Waals surface area contributed by atoms with Crippen LogP contribution < -0.4 is 24.7 Å². The van der Waals surface area contributed by atoms with E-state index in [0.717, 1.165) is 11.1 Å². The van der Waals surface area contributed by atoms with Crippen LogP contribution in [-0.2, 0) is 19.6 Å². The summed E-state index contributed by atoms with van der Waals surface area (Å²) in [5, 5.41) is -0.0965. The van der Waals surface area contributed by atoms with Crippen molar-refractivity contribution < 1.29 is 41.4 Å². The Morgan fingerprint density at radius 1 is 1.02 bits per heavy atom. The van der Waals surface area contributed by atoms with Crippen LogP contribution in [0, 0.1) is 20.8 Å². The maximum Gasteiger partial charge on any atom is 0.528 e. The highest BCUT2D eigenvalue weighted by Gasteiger charge is 2.21. The molecule has 0 bridgehead atoms. The summed E-state index contributed by atoms with van der Waals surface area (Å²) in [4.78, 5) is 38.1. The molecule has 0 unspecified atom stereocenters. The van der Waals surface area contributed by atoms with Gasteiger partial charge in [-0.3, -0.25) is 4.79 Å². The molecule has 2 N–H and O–H groups in total. The zero-order valence-corrected chi connectivity index (χ0v) is 23.1. The highest BCUT2D eigenvalue weighted by molar-refractivity contribution is 7.89. The zero-order chi connectivity index (χ0) is 29.0. The van der Waals surface area contributed by atoms with Crippen molar-refractivity contribution in [3.05, 3.63) is 63.6 Å². The van der Waals surface area contributed by atoms with Crippen LogP contribution in [0.25, 0.3) is 22.3 Å². The van der Waals surface area contributed by atoms with Gasteiger partial charge < -0.3 is 33.2 Å². The molecule has 2 aromatic carbocycles. The first-order valence-corrected chi connectivity index (χ1v) is 13.3. The third-order valence-electron chi connectivity index (χ3n) is 5.70. The minimum atomic E-state index is -4.18. The number of fused-ring (bicyclic) bond motifs is 1. The quantitative estimate of drug-likeness (QED) is 0.162. The molecule has 0 atom stereocenters. The van der Waals surface area contributed by atoms with Gasteiger partial charge in [-0.25, -0.2) is 18.2 Å². The summed E-state index contributed by atoms with van der Waals surface area (Å²) in [6.45, 7) is 4.95. The Hall–Kier alpha value is -4.56. The van der Waals surface area contributed by atoms with Crippen LogP contribution in [0.3, 0.4) is 0 Å². The lowest BCUT2D eigenvalue weighted by atomic mass is 10.0. The number of nitrogens with one attached hydrogen (secondary N) is 2. The van der Waals surface area contributed by atoms with Gasteiger partial charge >= 0.3 is 16.2 Å². The molecule has 40 heavy (non-hydrogen) atoms. The van der Waals surface area contributed by atoms with Gasteiger partial charge in [-0.15, -0.1) is 0 Å². The molecule has 0 radical (unpaired) electrons. The van der Waals surface area contributed by atoms with E-state index in [1.165, 1.54) is 26.4 Å². The van der Waals surface area contributed by atoms with E-state index in [2.05, 4.69) is 14.8 Å². The number of sulfonamides is 1. The molecule has 4 rings (SSSR count). The Balaban J connectivity index is 1.40. The number of hydrogen-bond acceptors (Lipinski definition) is 11. The van der Waals surface area contributed by atoms with E-state index in [4.69, 9.17) is 23.4 Å². The first-order chi connectivity index (χ1) is 19.0. The van der Waals surface area contributed by atoms with Crippen molar-refractivity contribution in [2.45, 2.75) is 25.9 Å². The van der Waals surface area contributed by atoms with Crippen LogP contribution in [0.5, 0.6) is 17.2 Å². The molecule has 0 amide bonds. The lowest BCUT2D eigenvalue weighted by molar-refractivity contribution is 0.0313. The monoisotopic (exact) mass is 573 g/mol. The molecule has 0 saturated heterocycles. The average Bonchev–Trinajstić information content (AvgIpc) is 3.37. The van der Waals surface area contributed by atoms with Crippen LogP contribution in [0.4, 0.5) is 4.79 Å². The molecule has 0 fully saturated rings. The number of ether oxygens (including phenoxy) is 4. The number of H-pyrrole nitrogens is 1. The first kappa shape index (κ1) is 28.4. The summed E-state index contributed by atoms with van der Waals surface area (Å²) >= 11 is 0. The number of carbonyl (C=O) groups is 1. The second kappa shape index (κ2) is 11.7. The predicted molar refractivity (Wildman–Crippen MR) is 142 cm³/mol. The number of aromatic amines is 1. The van der Waals surface area contributed by atoms with Crippen molar-refractivity contribution in [1.29, 1.82) is 0 Å². The fourth-order valence-electron chi connectivity index (χ4n) is 3.93. The van der Waals surface area contributed by atoms with E-state index < -0.39 is 21.3 Å². The Labute approximate surface area is 229 Å². The van der Waals surface area contributed by atoms with Gasteiger partial charge in [-0.1, -0.05) is 0 Å². The molecule has 0 aliphatic rings. The molecule has 2 aromatic heterocycles. The summed E-state index contributed by atoms with van der Waals surface area (Å²) in [6.07, 6.45) is -1.26. The van der Waals surface area contributed by atoms with Crippen LogP contribution in [0.2, 0.25) is 0 Å². The summed E-state index contributed by atoms with van der Waals surface area (Å²) in [6, 6.07) is 9.53. The van der Waals surface area contributed by atoms with E-state index >= 15 is 0 Å². The van der Waals surface area contributed by atoms with E-state index in [-0.39, 0.29) is 18.8 Å². The minimum absolute atomic E-state index is 0.0368. The normalized spacial score (nSPS) is 11.3. The molecule has 4 aromatic rings. The number of aromatic nitrogens is 2. The molecule has 0 aliphatic heterocycles. The number of benzene rings is 2. The van der Waals surface area contributed by atoms with E-state index in [0.29, 0.717) is 45.3 Å². The number of methoxy groups -OCH3 is 2. The van der Waals surface area contributed by atoms with E-state index in [9.17, 15) is 18.0 Å². The van der Waals surface area contributed by atoms with Gasteiger partial charge in [0.1, 0.15) is 47.4 Å². The van der Waals surface area contributed by atoms with Gasteiger partial charge in [0, 0.05) is 17.7 Å². The second-order valence-electron chi connectivity index (χ2n) is 8.58. The smallest absolute Gasteiger partial charge is 0.497 e. The fourth-order valence-corrected chi connectivity index (χ4v) is 4.67. The third-order valence-corrected chi connectivity index (χ3v) is 6.75. The molecular weight excluding hydrogens is 546 g/mol. The number of carbonyl (C=O) groups excluding carboxylic acids is 1. The second-order valence-corrected chi connectivity index (χ2v) is 10.2. The van der Waals surface area contributed by atoms with Crippen LogP contribution in [0.15, 0.2) is 50.7 Å². The average molecular weight is 574 g/mol. The highest BCUT2D eigenvalue weighted by atomic mass is 32.2. The number of nitrogens with zero attached hydrogens (tertiary/aromatic N) is 1. The van der Waals surface area contributed by atoms with E-state index in [1.807, 2.05) is 13.8 Å². The summed E-state index contributed by atoms with van der Waals surface area (Å²) in [7, 11) is -1.20. The topological polar surface area (TPSA) is 168 Å². The lowest BCUT2D eigenvalue weighted by Crippen LogP contribution is -2.28. The summed E-state index contributed by atoms with van der Waals surface area (Å²) < 4.78 is 50.3. The van der Waals surface area contributed by atoms with E-state index in [1.54, 1.807) is 36.1 Å². The molecular formula is C26H27N3O10S. The Morgan fingerprint density at radius 3 is 2.38 bits per heavy atom. The highest BCUT2D eigenvalue weighted by Crippen LogP contribution is 2.31. The largest absolute Gasteiger partial charge is 0.528 e.